The van der Waals surface area contributed by atoms with Crippen LogP contribution >= 0.6 is 0 Å². The van der Waals surface area contributed by atoms with Crippen molar-refractivity contribution in [3.8, 4) is 0 Å². The summed E-state index contributed by atoms with van der Waals surface area (Å²) in [5.41, 5.74) is 4.55. The van der Waals surface area contributed by atoms with Crippen LogP contribution in [0.4, 0.5) is 0 Å². The van der Waals surface area contributed by atoms with Gasteiger partial charge in [0.15, 0.2) is 0 Å². The van der Waals surface area contributed by atoms with Crippen LogP contribution in [0.25, 0.3) is 10.9 Å². The zero-order valence-corrected chi connectivity index (χ0v) is 16.8. The second-order valence-corrected chi connectivity index (χ2v) is 7.68. The fourth-order valence-corrected chi connectivity index (χ4v) is 4.27. The fourth-order valence-electron chi connectivity index (χ4n) is 4.27. The van der Waals surface area contributed by atoms with E-state index in [0.717, 1.165) is 31.6 Å². The SMILES string of the molecule is CCn1c(C)c(C)c2cc(C(=O)NCCCN3CCCC[C@H]3C)ccc21. The molecule has 1 aliphatic heterocycles. The topological polar surface area (TPSA) is 37.3 Å². The lowest BCUT2D eigenvalue weighted by Crippen LogP contribution is -2.39. The van der Waals surface area contributed by atoms with Gasteiger partial charge in [0.1, 0.15) is 0 Å². The molecular weight excluding hydrogens is 322 g/mol. The highest BCUT2D eigenvalue weighted by Crippen LogP contribution is 2.26. The molecule has 1 aliphatic rings. The molecule has 1 saturated heterocycles. The minimum atomic E-state index is 0.0416. The van der Waals surface area contributed by atoms with Crippen molar-refractivity contribution in [1.29, 1.82) is 0 Å². The van der Waals surface area contributed by atoms with E-state index in [1.165, 1.54) is 48.0 Å². The van der Waals surface area contributed by atoms with Gasteiger partial charge < -0.3 is 14.8 Å². The molecule has 1 aromatic carbocycles. The van der Waals surface area contributed by atoms with E-state index < -0.39 is 0 Å². The molecule has 0 unspecified atom stereocenters. The highest BCUT2D eigenvalue weighted by atomic mass is 16.1. The number of carbonyl (C=O) groups is 1. The Morgan fingerprint density at radius 2 is 2.08 bits per heavy atom. The van der Waals surface area contributed by atoms with E-state index in [9.17, 15) is 4.79 Å². The van der Waals surface area contributed by atoms with Crippen molar-refractivity contribution in [2.45, 2.75) is 66.0 Å². The molecule has 1 N–H and O–H groups in total. The van der Waals surface area contributed by atoms with E-state index in [-0.39, 0.29) is 5.91 Å². The van der Waals surface area contributed by atoms with Gasteiger partial charge in [-0.3, -0.25) is 4.79 Å². The Balaban J connectivity index is 1.58. The third-order valence-corrected chi connectivity index (χ3v) is 6.07. The zero-order valence-electron chi connectivity index (χ0n) is 16.8. The fraction of sp³-hybridized carbons (Fsp3) is 0.591. The Morgan fingerprint density at radius 1 is 1.27 bits per heavy atom. The number of aryl methyl sites for hydroxylation is 2. The van der Waals surface area contributed by atoms with Crippen molar-refractivity contribution in [3.63, 3.8) is 0 Å². The van der Waals surface area contributed by atoms with E-state index in [4.69, 9.17) is 0 Å². The number of nitrogens with zero attached hydrogens (tertiary/aromatic N) is 2. The minimum absolute atomic E-state index is 0.0416. The molecule has 2 aromatic rings. The number of aromatic nitrogens is 1. The summed E-state index contributed by atoms with van der Waals surface area (Å²) in [5.74, 6) is 0.0416. The maximum atomic E-state index is 12.5. The first-order valence-electron chi connectivity index (χ1n) is 10.1. The number of hydrogen-bond acceptors (Lipinski definition) is 2. The van der Waals surface area contributed by atoms with Crippen molar-refractivity contribution >= 4 is 16.8 Å². The van der Waals surface area contributed by atoms with Crippen LogP contribution in [0.15, 0.2) is 18.2 Å². The van der Waals surface area contributed by atoms with Crippen molar-refractivity contribution in [1.82, 2.24) is 14.8 Å². The molecule has 4 nitrogen and oxygen atoms in total. The second-order valence-electron chi connectivity index (χ2n) is 7.68. The molecule has 1 aromatic heterocycles. The minimum Gasteiger partial charge on any atom is -0.352 e. The van der Waals surface area contributed by atoms with Gasteiger partial charge in [0, 0.05) is 47.8 Å². The van der Waals surface area contributed by atoms with Gasteiger partial charge in [0.2, 0.25) is 0 Å². The largest absolute Gasteiger partial charge is 0.352 e. The molecule has 1 atom stereocenters. The number of amides is 1. The van der Waals surface area contributed by atoms with Gasteiger partial charge in [-0.15, -0.1) is 0 Å². The highest BCUT2D eigenvalue weighted by Gasteiger charge is 2.17. The molecular formula is C22H33N3O. The zero-order chi connectivity index (χ0) is 18.7. The average molecular weight is 356 g/mol. The van der Waals surface area contributed by atoms with Crippen molar-refractivity contribution < 1.29 is 4.79 Å². The normalized spacial score (nSPS) is 18.4. The van der Waals surface area contributed by atoms with Crippen molar-refractivity contribution in [2.75, 3.05) is 19.6 Å². The molecule has 0 aliphatic carbocycles. The van der Waals surface area contributed by atoms with Gasteiger partial charge in [-0.05, 0) is 77.3 Å². The number of fused-ring (bicyclic) bond motifs is 1. The molecule has 0 radical (unpaired) electrons. The number of benzene rings is 1. The number of likely N-dealkylation sites (tertiary alicyclic amines) is 1. The Kier molecular flexibility index (Phi) is 6.02. The van der Waals surface area contributed by atoms with Crippen LogP contribution in [0.5, 0.6) is 0 Å². The molecule has 1 fully saturated rings. The number of piperidine rings is 1. The van der Waals surface area contributed by atoms with Gasteiger partial charge in [-0.25, -0.2) is 0 Å². The quantitative estimate of drug-likeness (QED) is 0.786. The van der Waals surface area contributed by atoms with Crippen LogP contribution in [0.2, 0.25) is 0 Å². The molecule has 0 bridgehead atoms. The highest BCUT2D eigenvalue weighted by molar-refractivity contribution is 5.99. The molecule has 1 amide bonds. The standard InChI is InChI=1S/C22H33N3O/c1-5-25-18(4)17(3)20-15-19(10-11-21(20)25)22(26)23-12-8-14-24-13-7-6-9-16(24)2/h10-11,15-16H,5-9,12-14H2,1-4H3,(H,23,26)/t16-/m1/s1. The van der Waals surface area contributed by atoms with Gasteiger partial charge in [-0.2, -0.15) is 0 Å². The molecule has 26 heavy (non-hydrogen) atoms. The summed E-state index contributed by atoms with van der Waals surface area (Å²) >= 11 is 0. The van der Waals surface area contributed by atoms with Crippen LogP contribution < -0.4 is 5.32 Å². The van der Waals surface area contributed by atoms with Crippen molar-refractivity contribution in [2.24, 2.45) is 0 Å². The number of carbonyl (C=O) groups excluding carboxylic acids is 1. The number of rotatable bonds is 6. The van der Waals surface area contributed by atoms with Crippen molar-refractivity contribution in [3.05, 3.63) is 35.0 Å². The average Bonchev–Trinajstić information content (AvgIpc) is 2.89. The maximum Gasteiger partial charge on any atom is 0.251 e. The van der Waals surface area contributed by atoms with E-state index in [0.29, 0.717) is 6.04 Å². The van der Waals surface area contributed by atoms with E-state index in [2.05, 4.69) is 48.5 Å². The summed E-state index contributed by atoms with van der Waals surface area (Å²) in [6.07, 6.45) is 4.99. The summed E-state index contributed by atoms with van der Waals surface area (Å²) < 4.78 is 2.31. The van der Waals surface area contributed by atoms with E-state index >= 15 is 0 Å². The van der Waals surface area contributed by atoms with Gasteiger partial charge in [0.25, 0.3) is 5.91 Å². The monoisotopic (exact) mass is 355 g/mol. The van der Waals surface area contributed by atoms with Crippen LogP contribution in [0.3, 0.4) is 0 Å². The summed E-state index contributed by atoms with van der Waals surface area (Å²) in [4.78, 5) is 15.1. The summed E-state index contributed by atoms with van der Waals surface area (Å²) in [6.45, 7) is 12.8. The first-order valence-corrected chi connectivity index (χ1v) is 10.1. The Morgan fingerprint density at radius 3 is 2.81 bits per heavy atom. The van der Waals surface area contributed by atoms with Gasteiger partial charge >= 0.3 is 0 Å². The molecule has 3 rings (SSSR count). The lowest BCUT2D eigenvalue weighted by molar-refractivity contribution is 0.0949. The smallest absolute Gasteiger partial charge is 0.251 e. The van der Waals surface area contributed by atoms with Gasteiger partial charge in [0.05, 0.1) is 0 Å². The second kappa shape index (κ2) is 8.26. The molecule has 0 saturated carbocycles. The third-order valence-electron chi connectivity index (χ3n) is 6.07. The predicted octanol–water partition coefficient (Wildman–Crippen LogP) is 4.27. The Labute approximate surface area is 157 Å². The maximum absolute atomic E-state index is 12.5. The molecule has 4 heteroatoms. The molecule has 142 valence electrons. The molecule has 2 heterocycles. The number of hydrogen-bond donors (Lipinski definition) is 1. The summed E-state index contributed by atoms with van der Waals surface area (Å²) in [7, 11) is 0. The first-order chi connectivity index (χ1) is 12.5. The Hall–Kier alpha value is -1.81. The van der Waals surface area contributed by atoms with Crippen LogP contribution in [-0.4, -0.2) is 41.1 Å². The predicted molar refractivity (Wildman–Crippen MR) is 109 cm³/mol. The van der Waals surface area contributed by atoms with Crippen LogP contribution in [0, 0.1) is 13.8 Å². The van der Waals surface area contributed by atoms with Crippen LogP contribution in [0.1, 0.15) is 61.1 Å². The van der Waals surface area contributed by atoms with Crippen LogP contribution in [-0.2, 0) is 6.54 Å². The third kappa shape index (κ3) is 3.80. The lowest BCUT2D eigenvalue weighted by atomic mass is 10.0. The van der Waals surface area contributed by atoms with Gasteiger partial charge in [-0.1, -0.05) is 6.42 Å². The lowest BCUT2D eigenvalue weighted by Gasteiger charge is -2.33. The first kappa shape index (κ1) is 19.0. The van der Waals surface area contributed by atoms with E-state index in [1.54, 1.807) is 0 Å². The summed E-state index contributed by atoms with van der Waals surface area (Å²) in [6, 6.07) is 6.78. The number of nitrogens with one attached hydrogen (secondary N) is 1. The summed E-state index contributed by atoms with van der Waals surface area (Å²) in [5, 5.41) is 4.29. The van der Waals surface area contributed by atoms with E-state index in [1.807, 2.05) is 12.1 Å². The molecule has 0 spiro atoms. The Bertz CT molecular complexity index is 777.